The second-order valence-corrected chi connectivity index (χ2v) is 5.01. The number of nitrogens with one attached hydrogen (secondary N) is 1. The number of fused-ring (bicyclic) bond motifs is 1. The lowest BCUT2D eigenvalue weighted by Gasteiger charge is -2.13. The van der Waals surface area contributed by atoms with E-state index < -0.39 is 0 Å². The second-order valence-electron chi connectivity index (χ2n) is 5.01. The van der Waals surface area contributed by atoms with Crippen LogP contribution < -0.4 is 20.5 Å². The Bertz CT molecular complexity index is 462. The summed E-state index contributed by atoms with van der Waals surface area (Å²) in [7, 11) is 0. The van der Waals surface area contributed by atoms with Crippen molar-refractivity contribution >= 4 is 11.6 Å². The zero-order valence-corrected chi connectivity index (χ0v) is 11.9. The fourth-order valence-corrected chi connectivity index (χ4v) is 2.32. The van der Waals surface area contributed by atoms with E-state index in [2.05, 4.69) is 12.2 Å². The van der Waals surface area contributed by atoms with Crippen LogP contribution in [0.5, 0.6) is 11.5 Å². The van der Waals surface area contributed by atoms with Crippen molar-refractivity contribution < 1.29 is 14.3 Å². The minimum Gasteiger partial charge on any atom is -0.454 e. The summed E-state index contributed by atoms with van der Waals surface area (Å²) < 4.78 is 10.5. The summed E-state index contributed by atoms with van der Waals surface area (Å²) in [4.78, 5) is 11.9. The highest BCUT2D eigenvalue weighted by Gasteiger charge is 2.14. The van der Waals surface area contributed by atoms with Crippen LogP contribution in [0.1, 0.15) is 32.6 Å². The second kappa shape index (κ2) is 7.14. The molecule has 1 aliphatic rings. The first-order valence-corrected chi connectivity index (χ1v) is 7.12. The Kier molecular flexibility index (Phi) is 5.24. The Morgan fingerprint density at radius 1 is 1.35 bits per heavy atom. The molecule has 0 radical (unpaired) electrons. The van der Waals surface area contributed by atoms with Crippen LogP contribution in [0, 0.1) is 5.92 Å². The lowest BCUT2D eigenvalue weighted by molar-refractivity contribution is -0.116. The number of rotatable bonds is 7. The number of benzene rings is 1. The summed E-state index contributed by atoms with van der Waals surface area (Å²) >= 11 is 0. The first-order valence-electron chi connectivity index (χ1n) is 7.12. The molecule has 110 valence electrons. The fourth-order valence-electron chi connectivity index (χ4n) is 2.32. The van der Waals surface area contributed by atoms with Crippen LogP contribution in [0.15, 0.2) is 18.2 Å². The van der Waals surface area contributed by atoms with Crippen molar-refractivity contribution in [1.82, 2.24) is 0 Å². The lowest BCUT2D eigenvalue weighted by Crippen LogP contribution is -2.15. The van der Waals surface area contributed by atoms with Crippen LogP contribution in [-0.2, 0) is 4.79 Å². The highest BCUT2D eigenvalue weighted by molar-refractivity contribution is 5.91. The van der Waals surface area contributed by atoms with Gasteiger partial charge in [0, 0.05) is 18.2 Å². The molecule has 1 atom stereocenters. The number of hydrogen-bond acceptors (Lipinski definition) is 4. The van der Waals surface area contributed by atoms with E-state index in [-0.39, 0.29) is 12.7 Å². The zero-order valence-electron chi connectivity index (χ0n) is 11.9. The number of hydrogen-bond donors (Lipinski definition) is 2. The predicted molar refractivity (Wildman–Crippen MR) is 77.9 cm³/mol. The van der Waals surface area contributed by atoms with Gasteiger partial charge in [0.2, 0.25) is 12.7 Å². The normalized spacial score (nSPS) is 14.1. The van der Waals surface area contributed by atoms with Crippen LogP contribution in [-0.4, -0.2) is 19.2 Å². The Hall–Kier alpha value is -1.75. The third kappa shape index (κ3) is 3.87. The quantitative estimate of drug-likeness (QED) is 0.803. The van der Waals surface area contributed by atoms with E-state index in [1.54, 1.807) is 12.1 Å². The molecule has 2 rings (SSSR count). The standard InChI is InChI=1S/C15H22N2O3/c1-2-11(7-8-16)3-6-15(18)17-12-4-5-13-14(9-12)20-10-19-13/h4-5,9,11H,2-3,6-8,10,16H2,1H3,(H,17,18). The molecule has 0 bridgehead atoms. The van der Waals surface area contributed by atoms with Gasteiger partial charge < -0.3 is 20.5 Å². The van der Waals surface area contributed by atoms with Gasteiger partial charge in [-0.1, -0.05) is 13.3 Å². The van der Waals surface area contributed by atoms with Gasteiger partial charge >= 0.3 is 0 Å². The summed E-state index contributed by atoms with van der Waals surface area (Å²) in [5.41, 5.74) is 6.30. The van der Waals surface area contributed by atoms with Gasteiger partial charge in [-0.05, 0) is 37.4 Å². The van der Waals surface area contributed by atoms with Crippen LogP contribution in [0.25, 0.3) is 0 Å². The monoisotopic (exact) mass is 278 g/mol. The molecule has 3 N–H and O–H groups in total. The number of carbonyl (C=O) groups is 1. The topological polar surface area (TPSA) is 73.6 Å². The van der Waals surface area contributed by atoms with Crippen LogP contribution in [0.2, 0.25) is 0 Å². The summed E-state index contributed by atoms with van der Waals surface area (Å²) in [6, 6.07) is 5.42. The average Bonchev–Trinajstić information content (AvgIpc) is 2.91. The van der Waals surface area contributed by atoms with Gasteiger partial charge in [-0.3, -0.25) is 4.79 Å². The van der Waals surface area contributed by atoms with Crippen molar-refractivity contribution in [1.29, 1.82) is 0 Å². The fraction of sp³-hybridized carbons (Fsp3) is 0.533. The minimum absolute atomic E-state index is 0.0272. The largest absolute Gasteiger partial charge is 0.454 e. The van der Waals surface area contributed by atoms with E-state index in [0.717, 1.165) is 30.7 Å². The minimum atomic E-state index is 0.0272. The molecular weight excluding hydrogens is 256 g/mol. The van der Waals surface area contributed by atoms with Gasteiger partial charge in [0.15, 0.2) is 11.5 Å². The summed E-state index contributed by atoms with van der Waals surface area (Å²) in [5, 5.41) is 2.89. The van der Waals surface area contributed by atoms with Gasteiger partial charge in [0.25, 0.3) is 0 Å². The lowest BCUT2D eigenvalue weighted by atomic mass is 9.96. The summed E-state index contributed by atoms with van der Waals surface area (Å²) in [6.45, 7) is 3.06. The van der Waals surface area contributed by atoms with Gasteiger partial charge in [-0.15, -0.1) is 0 Å². The number of carbonyl (C=O) groups excluding carboxylic acids is 1. The van der Waals surface area contributed by atoms with Crippen LogP contribution in [0.3, 0.4) is 0 Å². The molecule has 0 saturated carbocycles. The Labute approximate surface area is 119 Å². The molecule has 1 amide bonds. The zero-order chi connectivity index (χ0) is 14.4. The molecule has 1 aliphatic heterocycles. The van der Waals surface area contributed by atoms with Gasteiger partial charge in [0.05, 0.1) is 0 Å². The van der Waals surface area contributed by atoms with E-state index in [4.69, 9.17) is 15.2 Å². The maximum absolute atomic E-state index is 11.9. The van der Waals surface area contributed by atoms with E-state index in [9.17, 15) is 4.79 Å². The maximum atomic E-state index is 11.9. The van der Waals surface area contributed by atoms with E-state index in [1.165, 1.54) is 0 Å². The smallest absolute Gasteiger partial charge is 0.231 e. The van der Waals surface area contributed by atoms with E-state index in [1.807, 2.05) is 6.07 Å². The van der Waals surface area contributed by atoms with Crippen molar-refractivity contribution in [3.05, 3.63) is 18.2 Å². The molecule has 0 saturated heterocycles. The highest BCUT2D eigenvalue weighted by atomic mass is 16.7. The van der Waals surface area contributed by atoms with Crippen molar-refractivity contribution in [2.45, 2.75) is 32.6 Å². The van der Waals surface area contributed by atoms with Gasteiger partial charge in [0.1, 0.15) is 0 Å². The van der Waals surface area contributed by atoms with E-state index in [0.29, 0.717) is 24.6 Å². The van der Waals surface area contributed by atoms with Crippen molar-refractivity contribution in [3.63, 3.8) is 0 Å². The number of amides is 1. The Balaban J connectivity index is 1.82. The highest BCUT2D eigenvalue weighted by Crippen LogP contribution is 2.34. The number of nitrogens with two attached hydrogens (primary N) is 1. The average molecular weight is 278 g/mol. The van der Waals surface area contributed by atoms with E-state index >= 15 is 0 Å². The van der Waals surface area contributed by atoms with Crippen molar-refractivity contribution in [3.8, 4) is 11.5 Å². The predicted octanol–water partition coefficient (Wildman–Crippen LogP) is 2.51. The molecule has 20 heavy (non-hydrogen) atoms. The van der Waals surface area contributed by atoms with Crippen LogP contribution >= 0.6 is 0 Å². The van der Waals surface area contributed by atoms with Crippen LogP contribution in [0.4, 0.5) is 5.69 Å². The Morgan fingerprint density at radius 3 is 2.90 bits per heavy atom. The molecule has 1 unspecified atom stereocenters. The molecule has 0 aliphatic carbocycles. The molecule has 1 aromatic rings. The number of ether oxygens (including phenoxy) is 2. The SMILES string of the molecule is CCC(CCN)CCC(=O)Nc1ccc2c(c1)OCO2. The van der Waals surface area contributed by atoms with Gasteiger partial charge in [-0.2, -0.15) is 0 Å². The molecule has 0 aromatic heterocycles. The van der Waals surface area contributed by atoms with Crippen molar-refractivity contribution in [2.24, 2.45) is 11.7 Å². The molecule has 0 spiro atoms. The first kappa shape index (κ1) is 14.7. The molecule has 1 aromatic carbocycles. The molecule has 5 heteroatoms. The third-order valence-corrected chi connectivity index (χ3v) is 3.59. The first-order chi connectivity index (χ1) is 9.72. The maximum Gasteiger partial charge on any atom is 0.231 e. The number of anilines is 1. The molecule has 1 heterocycles. The Morgan fingerprint density at radius 2 is 2.15 bits per heavy atom. The third-order valence-electron chi connectivity index (χ3n) is 3.59. The van der Waals surface area contributed by atoms with Crippen molar-refractivity contribution in [2.75, 3.05) is 18.7 Å². The summed E-state index contributed by atoms with van der Waals surface area (Å²) in [5.74, 6) is 1.95. The molecule has 5 nitrogen and oxygen atoms in total. The van der Waals surface area contributed by atoms with Gasteiger partial charge in [-0.25, -0.2) is 0 Å². The summed E-state index contributed by atoms with van der Waals surface area (Å²) in [6.07, 6.45) is 3.44. The molecule has 0 fully saturated rings. The molecular formula is C15H22N2O3.